The molecule has 0 amide bonds. The van der Waals surface area contributed by atoms with E-state index in [-0.39, 0.29) is 5.56 Å². The molecule has 0 saturated heterocycles. The Morgan fingerprint density at radius 1 is 1.40 bits per heavy atom. The van der Waals surface area contributed by atoms with E-state index in [1.165, 1.54) is 6.07 Å². The number of ether oxygens (including phenoxy) is 1. The Morgan fingerprint density at radius 3 is 2.80 bits per heavy atom. The number of aromatic amines is 1. The van der Waals surface area contributed by atoms with E-state index in [2.05, 4.69) is 4.98 Å². The minimum absolute atomic E-state index is 0.124. The Hall–Kier alpha value is -1.48. The van der Waals surface area contributed by atoms with Crippen LogP contribution in [0.15, 0.2) is 23.0 Å². The topological polar surface area (TPSA) is 42.1 Å². The predicted octanol–water partition coefficient (Wildman–Crippen LogP) is 2.50. The van der Waals surface area contributed by atoms with Crippen molar-refractivity contribution < 1.29 is 4.74 Å². The number of rotatable bonds is 1. The lowest BCUT2D eigenvalue weighted by atomic mass is 10.1. The first-order chi connectivity index (χ1) is 7.13. The van der Waals surface area contributed by atoms with Crippen molar-refractivity contribution in [2.45, 2.75) is 6.92 Å². The molecule has 1 aromatic carbocycles. The van der Waals surface area contributed by atoms with Crippen molar-refractivity contribution in [3.05, 3.63) is 39.1 Å². The number of benzene rings is 1. The first-order valence-electron chi connectivity index (χ1n) is 4.49. The first-order valence-corrected chi connectivity index (χ1v) is 4.87. The summed E-state index contributed by atoms with van der Waals surface area (Å²) in [6, 6.07) is 5.04. The van der Waals surface area contributed by atoms with E-state index in [1.807, 2.05) is 6.92 Å². The zero-order valence-electron chi connectivity index (χ0n) is 8.43. The van der Waals surface area contributed by atoms with Gasteiger partial charge in [-0.05, 0) is 24.6 Å². The zero-order valence-corrected chi connectivity index (χ0v) is 9.18. The molecule has 1 aromatic heterocycles. The highest BCUT2D eigenvalue weighted by Crippen LogP contribution is 2.32. The third-order valence-electron chi connectivity index (χ3n) is 2.33. The first kappa shape index (κ1) is 10.1. The minimum atomic E-state index is -0.124. The largest absolute Gasteiger partial charge is 0.495 e. The highest BCUT2D eigenvalue weighted by molar-refractivity contribution is 6.37. The summed E-state index contributed by atoms with van der Waals surface area (Å²) in [6.07, 6.45) is 0. The van der Waals surface area contributed by atoms with Gasteiger partial charge in [-0.25, -0.2) is 0 Å². The van der Waals surface area contributed by atoms with Crippen molar-refractivity contribution in [3.8, 4) is 5.75 Å². The van der Waals surface area contributed by atoms with Crippen molar-refractivity contribution in [1.29, 1.82) is 0 Å². The standard InChI is InChI=1S/C11H10ClNO2/c1-6-5-9(14)13-7-3-4-8(15-2)11(12)10(6)7/h3-5H,1-2H3,(H,13,14). The molecule has 0 spiro atoms. The van der Waals surface area contributed by atoms with Crippen LogP contribution in [0.1, 0.15) is 5.56 Å². The Bertz CT molecular complexity index is 575. The number of aromatic nitrogens is 1. The van der Waals surface area contributed by atoms with Crippen LogP contribution in [0.4, 0.5) is 0 Å². The number of fused-ring (bicyclic) bond motifs is 1. The number of hydrogen-bond donors (Lipinski definition) is 1. The molecule has 0 unspecified atom stereocenters. The molecule has 2 rings (SSSR count). The van der Waals surface area contributed by atoms with Gasteiger partial charge in [0.2, 0.25) is 5.56 Å². The number of H-pyrrole nitrogens is 1. The second-order valence-electron chi connectivity index (χ2n) is 3.32. The highest BCUT2D eigenvalue weighted by atomic mass is 35.5. The van der Waals surface area contributed by atoms with Gasteiger partial charge >= 0.3 is 0 Å². The lowest BCUT2D eigenvalue weighted by molar-refractivity contribution is 0.415. The van der Waals surface area contributed by atoms with Crippen molar-refractivity contribution in [2.75, 3.05) is 7.11 Å². The Morgan fingerprint density at radius 2 is 2.13 bits per heavy atom. The van der Waals surface area contributed by atoms with Crippen LogP contribution in [-0.4, -0.2) is 12.1 Å². The van der Waals surface area contributed by atoms with Crippen LogP contribution >= 0.6 is 11.6 Å². The monoisotopic (exact) mass is 223 g/mol. The molecule has 1 heterocycles. The van der Waals surface area contributed by atoms with Crippen LogP contribution in [0.3, 0.4) is 0 Å². The van der Waals surface area contributed by atoms with Gasteiger partial charge in [0.05, 0.1) is 17.6 Å². The SMILES string of the molecule is COc1ccc2[nH]c(=O)cc(C)c2c1Cl. The van der Waals surface area contributed by atoms with Crippen LogP contribution in [0.25, 0.3) is 10.9 Å². The van der Waals surface area contributed by atoms with Gasteiger partial charge in [0.1, 0.15) is 5.75 Å². The summed E-state index contributed by atoms with van der Waals surface area (Å²) in [5.74, 6) is 0.610. The molecule has 0 aliphatic carbocycles. The van der Waals surface area contributed by atoms with Crippen molar-refractivity contribution in [2.24, 2.45) is 0 Å². The van der Waals surface area contributed by atoms with Crippen molar-refractivity contribution in [1.82, 2.24) is 4.98 Å². The maximum absolute atomic E-state index is 11.2. The third kappa shape index (κ3) is 1.59. The quantitative estimate of drug-likeness (QED) is 0.807. The number of methoxy groups -OCH3 is 1. The number of nitrogens with one attached hydrogen (secondary N) is 1. The zero-order chi connectivity index (χ0) is 11.0. The summed E-state index contributed by atoms with van der Waals surface area (Å²) in [6.45, 7) is 1.85. The summed E-state index contributed by atoms with van der Waals surface area (Å²) in [5.41, 5.74) is 1.45. The number of aryl methyl sites for hydroxylation is 1. The lowest BCUT2D eigenvalue weighted by Gasteiger charge is -2.08. The van der Waals surface area contributed by atoms with E-state index in [4.69, 9.17) is 16.3 Å². The van der Waals surface area contributed by atoms with Crippen LogP contribution in [-0.2, 0) is 0 Å². The molecule has 0 bridgehead atoms. The summed E-state index contributed by atoms with van der Waals surface area (Å²) < 4.78 is 5.11. The smallest absolute Gasteiger partial charge is 0.248 e. The number of halogens is 1. The summed E-state index contributed by atoms with van der Waals surface area (Å²) in [5, 5.41) is 1.36. The Labute approximate surface area is 91.6 Å². The predicted molar refractivity (Wildman–Crippen MR) is 60.9 cm³/mol. The molecule has 15 heavy (non-hydrogen) atoms. The fraction of sp³-hybridized carbons (Fsp3) is 0.182. The van der Waals surface area contributed by atoms with Crippen molar-refractivity contribution in [3.63, 3.8) is 0 Å². The molecule has 0 aliphatic heterocycles. The second-order valence-corrected chi connectivity index (χ2v) is 3.70. The fourth-order valence-electron chi connectivity index (χ4n) is 1.64. The maximum atomic E-state index is 11.2. The molecule has 78 valence electrons. The average molecular weight is 224 g/mol. The van der Waals surface area contributed by atoms with Crippen LogP contribution in [0.2, 0.25) is 5.02 Å². The molecule has 0 atom stereocenters. The van der Waals surface area contributed by atoms with Crippen LogP contribution in [0.5, 0.6) is 5.75 Å². The van der Waals surface area contributed by atoms with E-state index >= 15 is 0 Å². The molecule has 3 nitrogen and oxygen atoms in total. The average Bonchev–Trinajstić information content (AvgIpc) is 2.17. The van der Waals surface area contributed by atoms with Gasteiger partial charge in [0.15, 0.2) is 0 Å². The summed E-state index contributed by atoms with van der Waals surface area (Å²) >= 11 is 6.15. The normalized spacial score (nSPS) is 10.6. The van der Waals surface area contributed by atoms with Gasteiger partial charge in [-0.3, -0.25) is 4.79 Å². The molecule has 0 aliphatic rings. The molecule has 2 aromatic rings. The van der Waals surface area contributed by atoms with E-state index in [0.29, 0.717) is 10.8 Å². The molecule has 0 radical (unpaired) electrons. The Kier molecular flexibility index (Phi) is 2.40. The number of pyridine rings is 1. The number of hydrogen-bond acceptors (Lipinski definition) is 2. The molecular weight excluding hydrogens is 214 g/mol. The lowest BCUT2D eigenvalue weighted by Crippen LogP contribution is -2.05. The third-order valence-corrected chi connectivity index (χ3v) is 2.70. The molecule has 0 saturated carbocycles. The molecule has 1 N–H and O–H groups in total. The van der Waals surface area contributed by atoms with Gasteiger partial charge in [-0.15, -0.1) is 0 Å². The van der Waals surface area contributed by atoms with Gasteiger partial charge in [0, 0.05) is 11.5 Å². The van der Waals surface area contributed by atoms with Gasteiger partial charge in [-0.2, -0.15) is 0 Å². The molecule has 0 fully saturated rings. The van der Waals surface area contributed by atoms with Crippen LogP contribution < -0.4 is 10.3 Å². The molecule has 4 heteroatoms. The molecular formula is C11H10ClNO2. The minimum Gasteiger partial charge on any atom is -0.495 e. The van der Waals surface area contributed by atoms with E-state index < -0.39 is 0 Å². The van der Waals surface area contributed by atoms with Gasteiger partial charge in [0.25, 0.3) is 0 Å². The van der Waals surface area contributed by atoms with Crippen molar-refractivity contribution >= 4 is 22.5 Å². The van der Waals surface area contributed by atoms with Gasteiger partial charge < -0.3 is 9.72 Å². The summed E-state index contributed by atoms with van der Waals surface area (Å²) in [4.78, 5) is 14.0. The van der Waals surface area contributed by atoms with E-state index in [9.17, 15) is 4.79 Å². The van der Waals surface area contributed by atoms with Crippen LogP contribution in [0, 0.1) is 6.92 Å². The Balaban J connectivity index is 2.93. The second kappa shape index (κ2) is 3.59. The van der Waals surface area contributed by atoms with Gasteiger partial charge in [-0.1, -0.05) is 11.6 Å². The van der Waals surface area contributed by atoms with E-state index in [0.717, 1.165) is 16.5 Å². The highest BCUT2D eigenvalue weighted by Gasteiger charge is 2.08. The fourth-order valence-corrected chi connectivity index (χ4v) is 2.03. The van der Waals surface area contributed by atoms with E-state index in [1.54, 1.807) is 19.2 Å². The summed E-state index contributed by atoms with van der Waals surface area (Å²) in [7, 11) is 1.56. The maximum Gasteiger partial charge on any atom is 0.248 e.